The Morgan fingerprint density at radius 1 is 1.24 bits per heavy atom. The third-order valence-corrected chi connectivity index (χ3v) is 4.04. The van der Waals surface area contributed by atoms with Crippen LogP contribution < -0.4 is 11.1 Å². The highest BCUT2D eigenvalue weighted by molar-refractivity contribution is 5.90. The van der Waals surface area contributed by atoms with E-state index in [1.165, 1.54) is 0 Å². The van der Waals surface area contributed by atoms with Crippen LogP contribution in [0.3, 0.4) is 0 Å². The van der Waals surface area contributed by atoms with Gasteiger partial charge in [0.15, 0.2) is 0 Å². The van der Waals surface area contributed by atoms with Gasteiger partial charge in [0.05, 0.1) is 12.1 Å². The first-order valence-electron chi connectivity index (χ1n) is 7.36. The smallest absolute Gasteiger partial charge is 0.242 e. The average molecular weight is 289 g/mol. The number of nitrogens with two attached hydrogens (primary N) is 1. The molecule has 0 spiro atoms. The van der Waals surface area contributed by atoms with Gasteiger partial charge in [-0.15, -0.1) is 0 Å². The molecule has 0 radical (unpaired) electrons. The lowest BCUT2D eigenvalue weighted by atomic mass is 9.98. The Balaban J connectivity index is 1.80. The van der Waals surface area contributed by atoms with Crippen molar-refractivity contribution in [2.24, 2.45) is 5.73 Å². The first kappa shape index (κ1) is 15.5. The zero-order valence-corrected chi connectivity index (χ0v) is 12.5. The van der Waals surface area contributed by atoms with Crippen LogP contribution in [0.4, 0.5) is 0 Å². The van der Waals surface area contributed by atoms with E-state index in [1.54, 1.807) is 11.9 Å². The maximum absolute atomic E-state index is 12.0. The second-order valence-corrected chi connectivity index (χ2v) is 5.78. The molecule has 21 heavy (non-hydrogen) atoms. The number of hydrogen-bond acceptors (Lipinski definition) is 3. The summed E-state index contributed by atoms with van der Waals surface area (Å²) in [6.45, 7) is 0.532. The fourth-order valence-electron chi connectivity index (χ4n) is 2.65. The van der Waals surface area contributed by atoms with Crippen LogP contribution in [0.25, 0.3) is 0 Å². The number of benzene rings is 1. The lowest BCUT2D eigenvalue weighted by Gasteiger charge is -2.23. The first-order valence-corrected chi connectivity index (χ1v) is 7.36. The standard InChI is InChI=1S/C16H23N3O2/c1-19(12-13-7-3-2-4-8-13)14(20)11-18-15(21)16(17)9-5-6-10-16/h2-4,7-8H,5-6,9-12,17H2,1H3,(H,18,21). The highest BCUT2D eigenvalue weighted by Gasteiger charge is 2.36. The van der Waals surface area contributed by atoms with Crippen molar-refractivity contribution in [2.75, 3.05) is 13.6 Å². The molecule has 1 aromatic carbocycles. The molecular formula is C16H23N3O2. The van der Waals surface area contributed by atoms with Gasteiger partial charge in [0, 0.05) is 13.6 Å². The Labute approximate surface area is 125 Å². The lowest BCUT2D eigenvalue weighted by molar-refractivity contribution is -0.133. The third kappa shape index (κ3) is 4.04. The Morgan fingerprint density at radius 3 is 2.48 bits per heavy atom. The second kappa shape index (κ2) is 6.72. The molecule has 0 aliphatic heterocycles. The van der Waals surface area contributed by atoms with Crippen LogP contribution in [0.5, 0.6) is 0 Å². The lowest BCUT2D eigenvalue weighted by Crippen LogP contribution is -2.53. The highest BCUT2D eigenvalue weighted by atomic mass is 16.2. The molecule has 3 N–H and O–H groups in total. The molecule has 5 nitrogen and oxygen atoms in total. The molecule has 0 aromatic heterocycles. The van der Waals surface area contributed by atoms with E-state index >= 15 is 0 Å². The molecule has 0 heterocycles. The van der Waals surface area contributed by atoms with Gasteiger partial charge in [-0.3, -0.25) is 9.59 Å². The van der Waals surface area contributed by atoms with Gasteiger partial charge in [0.1, 0.15) is 0 Å². The number of nitrogens with zero attached hydrogens (tertiary/aromatic N) is 1. The van der Waals surface area contributed by atoms with Gasteiger partial charge in [-0.05, 0) is 18.4 Å². The number of amides is 2. The van der Waals surface area contributed by atoms with Gasteiger partial charge in [-0.25, -0.2) is 0 Å². The van der Waals surface area contributed by atoms with Crippen molar-refractivity contribution in [1.82, 2.24) is 10.2 Å². The zero-order valence-electron chi connectivity index (χ0n) is 12.5. The predicted molar refractivity (Wildman–Crippen MR) is 81.3 cm³/mol. The predicted octanol–water partition coefficient (Wildman–Crippen LogP) is 1.03. The van der Waals surface area contributed by atoms with E-state index in [2.05, 4.69) is 5.32 Å². The SMILES string of the molecule is CN(Cc1ccccc1)C(=O)CNC(=O)C1(N)CCCC1. The largest absolute Gasteiger partial charge is 0.345 e. The first-order chi connectivity index (χ1) is 10.0. The van der Waals surface area contributed by atoms with Crippen LogP contribution in [0.2, 0.25) is 0 Å². The van der Waals surface area contributed by atoms with E-state index in [1.807, 2.05) is 30.3 Å². The Bertz CT molecular complexity index is 496. The number of carbonyl (C=O) groups excluding carboxylic acids is 2. The maximum Gasteiger partial charge on any atom is 0.242 e. The molecule has 2 amide bonds. The minimum absolute atomic E-state index is 0.00111. The molecule has 1 fully saturated rings. The van der Waals surface area contributed by atoms with E-state index in [0.29, 0.717) is 19.4 Å². The molecule has 0 saturated heterocycles. The average Bonchev–Trinajstić information content (AvgIpc) is 2.93. The van der Waals surface area contributed by atoms with Crippen LogP contribution >= 0.6 is 0 Å². The quantitative estimate of drug-likeness (QED) is 0.850. The fraction of sp³-hybridized carbons (Fsp3) is 0.500. The molecule has 0 bridgehead atoms. The van der Waals surface area contributed by atoms with Crippen molar-refractivity contribution in [2.45, 2.75) is 37.8 Å². The van der Waals surface area contributed by atoms with Crippen molar-refractivity contribution in [1.29, 1.82) is 0 Å². The van der Waals surface area contributed by atoms with Crippen LogP contribution in [0, 0.1) is 0 Å². The number of rotatable bonds is 5. The molecule has 0 unspecified atom stereocenters. The molecule has 114 valence electrons. The van der Waals surface area contributed by atoms with Crippen LogP contribution in [0.1, 0.15) is 31.2 Å². The van der Waals surface area contributed by atoms with Crippen molar-refractivity contribution in [3.8, 4) is 0 Å². The number of carbonyl (C=O) groups is 2. The molecule has 1 aliphatic rings. The van der Waals surface area contributed by atoms with Crippen LogP contribution in [-0.2, 0) is 16.1 Å². The second-order valence-electron chi connectivity index (χ2n) is 5.78. The van der Waals surface area contributed by atoms with Crippen molar-refractivity contribution in [3.05, 3.63) is 35.9 Å². The summed E-state index contributed by atoms with van der Waals surface area (Å²) in [7, 11) is 1.73. The summed E-state index contributed by atoms with van der Waals surface area (Å²) in [6, 6.07) is 9.75. The summed E-state index contributed by atoms with van der Waals surface area (Å²) in [4.78, 5) is 25.7. The number of nitrogens with one attached hydrogen (secondary N) is 1. The summed E-state index contributed by atoms with van der Waals surface area (Å²) < 4.78 is 0. The summed E-state index contributed by atoms with van der Waals surface area (Å²) in [5.74, 6) is -0.324. The molecule has 2 rings (SSSR count). The number of likely N-dealkylation sites (N-methyl/N-ethyl adjacent to an activating group) is 1. The minimum Gasteiger partial charge on any atom is -0.345 e. The Hall–Kier alpha value is -1.88. The Kier molecular flexibility index (Phi) is 4.96. The molecule has 1 aromatic rings. The molecular weight excluding hydrogens is 266 g/mol. The van der Waals surface area contributed by atoms with Crippen LogP contribution in [-0.4, -0.2) is 35.8 Å². The van der Waals surface area contributed by atoms with Gasteiger partial charge < -0.3 is 16.0 Å². The summed E-state index contributed by atoms with van der Waals surface area (Å²) in [5, 5.41) is 2.68. The summed E-state index contributed by atoms with van der Waals surface area (Å²) in [5.41, 5.74) is 6.33. The van der Waals surface area contributed by atoms with E-state index in [9.17, 15) is 9.59 Å². The molecule has 1 saturated carbocycles. The van der Waals surface area contributed by atoms with Crippen molar-refractivity contribution >= 4 is 11.8 Å². The van der Waals surface area contributed by atoms with E-state index in [-0.39, 0.29) is 18.4 Å². The Morgan fingerprint density at radius 2 is 1.86 bits per heavy atom. The van der Waals surface area contributed by atoms with Gasteiger partial charge >= 0.3 is 0 Å². The monoisotopic (exact) mass is 289 g/mol. The minimum atomic E-state index is -0.779. The van der Waals surface area contributed by atoms with Gasteiger partial charge in [-0.2, -0.15) is 0 Å². The van der Waals surface area contributed by atoms with Crippen molar-refractivity contribution < 1.29 is 9.59 Å². The topological polar surface area (TPSA) is 75.4 Å². The maximum atomic E-state index is 12.0. The molecule has 1 aliphatic carbocycles. The molecule has 0 atom stereocenters. The number of hydrogen-bond donors (Lipinski definition) is 2. The van der Waals surface area contributed by atoms with Gasteiger partial charge in [0.2, 0.25) is 11.8 Å². The molecule has 5 heteroatoms. The highest BCUT2D eigenvalue weighted by Crippen LogP contribution is 2.27. The van der Waals surface area contributed by atoms with Gasteiger partial charge in [-0.1, -0.05) is 43.2 Å². The summed E-state index contributed by atoms with van der Waals surface area (Å²) >= 11 is 0. The zero-order chi connectivity index (χ0) is 15.3. The van der Waals surface area contributed by atoms with E-state index in [0.717, 1.165) is 18.4 Å². The summed E-state index contributed by atoms with van der Waals surface area (Å²) in [6.07, 6.45) is 3.36. The third-order valence-electron chi connectivity index (χ3n) is 4.04. The van der Waals surface area contributed by atoms with E-state index in [4.69, 9.17) is 5.73 Å². The van der Waals surface area contributed by atoms with E-state index < -0.39 is 5.54 Å². The van der Waals surface area contributed by atoms with Crippen molar-refractivity contribution in [3.63, 3.8) is 0 Å². The van der Waals surface area contributed by atoms with Gasteiger partial charge in [0.25, 0.3) is 0 Å². The van der Waals surface area contributed by atoms with Crippen LogP contribution in [0.15, 0.2) is 30.3 Å². The fourth-order valence-corrected chi connectivity index (χ4v) is 2.65. The normalized spacial score (nSPS) is 16.5.